The lowest BCUT2D eigenvalue weighted by molar-refractivity contribution is -0.199. The van der Waals surface area contributed by atoms with Gasteiger partial charge in [0, 0.05) is 6.61 Å². The molecule has 6 atom stereocenters. The van der Waals surface area contributed by atoms with Gasteiger partial charge in [0.15, 0.2) is 24.9 Å². The van der Waals surface area contributed by atoms with E-state index in [1.54, 1.807) is 14.7 Å². The van der Waals surface area contributed by atoms with E-state index in [4.69, 9.17) is 78.4 Å². The molecule has 31 nitrogen and oxygen atoms in total. The summed E-state index contributed by atoms with van der Waals surface area (Å²) in [4.78, 5) is 27.7. The van der Waals surface area contributed by atoms with Gasteiger partial charge < -0.3 is 4.74 Å². The molecule has 6 unspecified atom stereocenters. The first-order valence-corrected chi connectivity index (χ1v) is 28.0. The van der Waals surface area contributed by atoms with Crippen molar-refractivity contribution in [3.8, 4) is 91.4 Å². The third-order valence-corrected chi connectivity index (χ3v) is 14.9. The van der Waals surface area contributed by atoms with Crippen molar-refractivity contribution in [2.45, 2.75) is 137 Å². The van der Waals surface area contributed by atoms with E-state index in [0.29, 0.717) is 66.3 Å². The molecule has 0 aliphatic carbocycles. The number of hydrogen-bond acceptors (Lipinski definition) is 31. The van der Waals surface area contributed by atoms with Gasteiger partial charge in [-0.2, -0.15) is 78.9 Å². The second-order valence-electron chi connectivity index (χ2n) is 19.9. The average Bonchev–Trinajstić information content (AvgIpc) is 1.44. The molecule has 456 valence electrons. The number of rotatable bonds is 17. The van der Waals surface area contributed by atoms with Crippen LogP contribution in [-0.2, 0) is 4.74 Å². The molecule has 0 aromatic heterocycles. The van der Waals surface area contributed by atoms with E-state index in [0.717, 1.165) is 19.3 Å². The monoisotopic (exact) mass is 1180 g/mol. The molecule has 0 N–H and O–H groups in total. The fourth-order valence-corrected chi connectivity index (χ4v) is 10.5. The van der Waals surface area contributed by atoms with E-state index < -0.39 is 0 Å². The Kier molecular flexibility index (Phi) is 36.8. The summed E-state index contributed by atoms with van der Waals surface area (Å²) in [5, 5.41) is 133. The van der Waals surface area contributed by atoms with E-state index in [9.17, 15) is 5.26 Å². The van der Waals surface area contributed by atoms with Crippen LogP contribution in [-0.4, -0.2) is 254 Å². The van der Waals surface area contributed by atoms with Crippen molar-refractivity contribution in [2.75, 3.05) is 125 Å². The van der Waals surface area contributed by atoms with Crippen molar-refractivity contribution in [2.24, 2.45) is 0 Å². The highest BCUT2D eigenvalue weighted by Gasteiger charge is 2.44. The molecular weight excluding hydrogens is 1100 g/mol. The molecule has 0 radical (unpaired) electrons. The minimum atomic E-state index is -0.371. The van der Waals surface area contributed by atoms with Crippen molar-refractivity contribution in [3.63, 3.8) is 0 Å². The fourth-order valence-electron chi connectivity index (χ4n) is 10.5. The van der Waals surface area contributed by atoms with Crippen LogP contribution in [0.5, 0.6) is 0 Å². The normalized spacial score (nSPS) is 24.1. The minimum Gasteiger partial charge on any atom is -0.350 e. The van der Waals surface area contributed by atoms with Gasteiger partial charge in [-0.25, -0.2) is 9.80 Å². The third-order valence-electron chi connectivity index (χ3n) is 14.9. The Bertz CT molecular complexity index is 2520. The molecule has 0 spiro atoms. The molecular formula is C55H80N30O. The van der Waals surface area contributed by atoms with Crippen LogP contribution in [0.3, 0.4) is 0 Å². The Morgan fingerprint density at radius 3 is 0.767 bits per heavy atom. The molecule has 5 saturated heterocycles. The zero-order valence-corrected chi connectivity index (χ0v) is 51.1. The molecule has 0 bridgehead atoms. The molecule has 31 heteroatoms. The highest BCUT2D eigenvalue weighted by atomic mass is 16.5. The van der Waals surface area contributed by atoms with Crippen molar-refractivity contribution in [3.05, 3.63) is 0 Å². The summed E-state index contributed by atoms with van der Waals surface area (Å²) in [6.45, 7) is 24.5. The summed E-state index contributed by atoms with van der Waals surface area (Å²) in [7, 11) is 0. The number of nitrogens with zero attached hydrogens (tertiary/aromatic N) is 30. The Morgan fingerprint density at radius 1 is 0.291 bits per heavy atom. The Labute approximate surface area is 509 Å². The van der Waals surface area contributed by atoms with E-state index in [1.807, 2.05) is 114 Å². The predicted octanol–water partition coefficient (Wildman–Crippen LogP) is 1.26. The summed E-state index contributed by atoms with van der Waals surface area (Å²) in [6.07, 6.45) is 8.06. The van der Waals surface area contributed by atoms with E-state index in [-0.39, 0.29) is 115 Å². The van der Waals surface area contributed by atoms with Gasteiger partial charge >= 0.3 is 0 Å². The van der Waals surface area contributed by atoms with E-state index in [1.165, 1.54) is 0 Å². The van der Waals surface area contributed by atoms with Crippen LogP contribution in [0, 0.1) is 170 Å². The molecule has 0 amide bonds. The van der Waals surface area contributed by atoms with Gasteiger partial charge in [-0.3, -0.25) is 63.7 Å². The zero-order chi connectivity index (χ0) is 64.7. The van der Waals surface area contributed by atoms with Gasteiger partial charge in [-0.1, -0.05) is 20.8 Å². The van der Waals surface area contributed by atoms with E-state index in [2.05, 4.69) is 98.3 Å². The highest BCUT2D eigenvalue weighted by Crippen LogP contribution is 2.30. The highest BCUT2D eigenvalue weighted by molar-refractivity contribution is 5.01. The Morgan fingerprint density at radius 2 is 0.535 bits per heavy atom. The third kappa shape index (κ3) is 21.7. The van der Waals surface area contributed by atoms with Crippen molar-refractivity contribution in [1.82, 2.24) is 73.5 Å². The molecule has 5 heterocycles. The number of ether oxygens (including phenoxy) is 1. The number of nitriles is 15. The summed E-state index contributed by atoms with van der Waals surface area (Å²) in [5.41, 5.74) is 0. The smallest absolute Gasteiger partial charge is 0.182 e. The first-order chi connectivity index (χ1) is 41.5. The van der Waals surface area contributed by atoms with Crippen LogP contribution in [0.2, 0.25) is 0 Å². The lowest BCUT2D eigenvalue weighted by Gasteiger charge is -2.54. The van der Waals surface area contributed by atoms with Gasteiger partial charge in [-0.05, 0) is 60.8 Å². The molecule has 0 aromatic rings. The van der Waals surface area contributed by atoms with Crippen LogP contribution in [0.15, 0.2) is 0 Å². The van der Waals surface area contributed by atoms with Gasteiger partial charge in [0.1, 0.15) is 0 Å². The summed E-state index contributed by atoms with van der Waals surface area (Å²) < 4.78 is 5.58. The fraction of sp³-hybridized carbons (Fsp3) is 0.727. The summed E-state index contributed by atoms with van der Waals surface area (Å²) in [5.74, 6) is 0. The number of hydrogen-bond donors (Lipinski definition) is 0. The summed E-state index contributed by atoms with van der Waals surface area (Å²) in [6, 6.07) is 25.2. The van der Waals surface area contributed by atoms with Crippen LogP contribution in [0.4, 0.5) is 0 Å². The second-order valence-corrected chi connectivity index (χ2v) is 19.9. The lowest BCUT2D eigenvalue weighted by Crippen LogP contribution is -2.69. The van der Waals surface area contributed by atoms with Gasteiger partial charge in [0.25, 0.3) is 0 Å². The van der Waals surface area contributed by atoms with Gasteiger partial charge in [0.2, 0.25) is 0 Å². The maximum absolute atomic E-state index is 9.48. The van der Waals surface area contributed by atoms with Crippen molar-refractivity contribution in [1.29, 1.82) is 78.9 Å². The van der Waals surface area contributed by atoms with Crippen LogP contribution in [0.1, 0.15) is 81.6 Å². The molecule has 0 aromatic carbocycles. The van der Waals surface area contributed by atoms with Crippen molar-refractivity contribution < 1.29 is 4.74 Å². The predicted molar refractivity (Wildman–Crippen MR) is 304 cm³/mol. The molecule has 86 heavy (non-hydrogen) atoms. The maximum Gasteiger partial charge on any atom is 0.182 e. The maximum atomic E-state index is 9.48. The standard InChI is InChI=1S/C14H22N6.C11H16N6O.3C10H14N6/c1-4-12-18(9-7-15)13(5-2)20(11-17)14(6-3)19(12)10-8-16;1-2-18-11-16(7-4-13)9-15(6-3-12)10-17(11)8-5-14;2*1-9-14(5-3-11)8-15(6-4-12)10(2)16(9)7-13;1-10-15(6-3-12)8-14(5-2-11)9-16(10)7-4-13/h12-14H,4-6,9-10H2,1-3H3;11H,2,6-10H2,1H3;2*9-10H,5-6,8H2,1-2H3;10H,5-9H2,1H3. The van der Waals surface area contributed by atoms with E-state index >= 15 is 0 Å². The lowest BCUT2D eigenvalue weighted by atomic mass is 10.1. The topological polar surface area (TPSA) is 415 Å². The Balaban J connectivity index is 0.000000539. The largest absolute Gasteiger partial charge is 0.350 e. The zero-order valence-electron chi connectivity index (χ0n) is 51.1. The van der Waals surface area contributed by atoms with Crippen molar-refractivity contribution >= 4 is 0 Å². The van der Waals surface area contributed by atoms with Crippen LogP contribution < -0.4 is 0 Å². The molecule has 5 fully saturated rings. The molecule has 5 rings (SSSR count). The van der Waals surface area contributed by atoms with Gasteiger partial charge in [-0.15, -0.1) is 0 Å². The second kappa shape index (κ2) is 42.1. The first kappa shape index (κ1) is 75.2. The average molecular weight is 1180 g/mol. The molecule has 0 saturated carbocycles. The van der Waals surface area contributed by atoms with Crippen LogP contribution in [0.25, 0.3) is 0 Å². The molecule has 5 aliphatic rings. The summed E-state index contributed by atoms with van der Waals surface area (Å²) >= 11 is 0. The molecule has 5 aliphatic heterocycles. The Hall–Kier alpha value is -8.77. The SMILES string of the molecule is CC1N(CC#N)CN(CC#N)C(C)N1C#N.CC1N(CC#N)CN(CC#N)C(C)N1C#N.CC1N(CC#N)CN(CC#N)CN1CC#N.CCC1N(C#N)C(CC)N(CC#N)C(CC)N1CC#N.CCOC1N(CC#N)CN(CC#N)CN1CC#N. The van der Waals surface area contributed by atoms with Gasteiger partial charge in [0.05, 0.1) is 241 Å². The quantitative estimate of drug-likeness (QED) is 0.146. The van der Waals surface area contributed by atoms with Crippen LogP contribution >= 0.6 is 0 Å². The first-order valence-electron chi connectivity index (χ1n) is 28.0. The minimum absolute atomic E-state index is 0.0359.